The van der Waals surface area contributed by atoms with Crippen LogP contribution in [0.5, 0.6) is 0 Å². The minimum Gasteiger partial charge on any atom is -1.00 e. The number of rotatable bonds is 33. The number of hydrogen-bond donors (Lipinski definition) is 0. The minimum absolute atomic E-state index is 0. The summed E-state index contributed by atoms with van der Waals surface area (Å²) in [5, 5.41) is 0. The molecule has 0 amide bonds. The molecule has 44 heavy (non-hydrogen) atoms. The van der Waals surface area contributed by atoms with Crippen molar-refractivity contribution in [2.45, 2.75) is 213 Å². The van der Waals surface area contributed by atoms with Gasteiger partial charge < -0.3 is 12.4 Å². The standard InChI is InChI=1S/C41H77N2.ClH/c1-4-6-8-10-12-14-16-18-20-22-24-26-28-30-32-34-36-41(43-39-38-42(3)40-43)37-35-33-31-29-27-25-23-21-19-17-15-13-11-9-7-5-2;/h18-21,38-41H,4-17,22-37H2,1-3H3;1H/q+1;/p-1/b20-18+,21-19+;. The molecule has 0 saturated heterocycles. The first-order valence-corrected chi connectivity index (χ1v) is 19.6. The molecular formula is C41H77ClN2. The van der Waals surface area contributed by atoms with E-state index in [1.807, 2.05) is 0 Å². The molecule has 1 aromatic heterocycles. The summed E-state index contributed by atoms with van der Waals surface area (Å²) >= 11 is 0. The molecule has 0 radical (unpaired) electrons. The Kier molecular flexibility index (Phi) is 34.0. The molecule has 0 unspecified atom stereocenters. The summed E-state index contributed by atoms with van der Waals surface area (Å²) in [7, 11) is 2.15. The topological polar surface area (TPSA) is 8.81 Å². The van der Waals surface area contributed by atoms with Crippen molar-refractivity contribution in [2.24, 2.45) is 7.05 Å². The Morgan fingerprint density at radius 3 is 1.11 bits per heavy atom. The average molecular weight is 634 g/mol. The van der Waals surface area contributed by atoms with Crippen LogP contribution in [0.25, 0.3) is 0 Å². The van der Waals surface area contributed by atoms with Gasteiger partial charge in [-0.15, -0.1) is 0 Å². The quantitative estimate of drug-likeness (QED) is 0.0414. The van der Waals surface area contributed by atoms with Gasteiger partial charge in [0.1, 0.15) is 18.4 Å². The Labute approximate surface area is 283 Å². The summed E-state index contributed by atoms with van der Waals surface area (Å²) in [5.74, 6) is 0. The second-order valence-corrected chi connectivity index (χ2v) is 13.6. The van der Waals surface area contributed by atoms with Gasteiger partial charge in [0, 0.05) is 0 Å². The molecule has 1 rings (SSSR count). The van der Waals surface area contributed by atoms with Crippen LogP contribution in [0.1, 0.15) is 213 Å². The molecule has 2 nitrogen and oxygen atoms in total. The molecule has 0 aliphatic carbocycles. The summed E-state index contributed by atoms with van der Waals surface area (Å²) in [4.78, 5) is 0. The van der Waals surface area contributed by atoms with Crippen LogP contribution in [-0.2, 0) is 7.05 Å². The van der Waals surface area contributed by atoms with Gasteiger partial charge >= 0.3 is 0 Å². The molecule has 3 heteroatoms. The van der Waals surface area contributed by atoms with E-state index in [1.54, 1.807) is 0 Å². The number of aromatic nitrogens is 2. The van der Waals surface area contributed by atoms with E-state index in [0.29, 0.717) is 6.04 Å². The Hall–Kier alpha value is -1.02. The van der Waals surface area contributed by atoms with Gasteiger partial charge in [0.2, 0.25) is 6.33 Å². The lowest BCUT2D eigenvalue weighted by Gasteiger charge is -2.14. The fourth-order valence-corrected chi connectivity index (χ4v) is 6.38. The number of allylic oxidation sites excluding steroid dienone is 4. The SMILES string of the molecule is CCCCCCCC/C=C/CCCCCCCCC(CCCCCCCC/C=C/CCCCCCCC)[n+]1ccn(C)c1.[Cl-]. The van der Waals surface area contributed by atoms with Gasteiger partial charge in [0.05, 0.1) is 7.05 Å². The average Bonchev–Trinajstić information content (AvgIpc) is 3.45. The van der Waals surface area contributed by atoms with E-state index in [0.717, 1.165) is 0 Å². The Balaban J connectivity index is 0.0000185. The lowest BCUT2D eigenvalue weighted by Crippen LogP contribution is -3.00. The zero-order valence-corrected chi connectivity index (χ0v) is 30.9. The predicted molar refractivity (Wildman–Crippen MR) is 193 cm³/mol. The molecule has 0 bridgehead atoms. The van der Waals surface area contributed by atoms with Gasteiger partial charge in [-0.05, 0) is 77.0 Å². The first kappa shape index (κ1) is 43.0. The van der Waals surface area contributed by atoms with Crippen molar-refractivity contribution in [1.29, 1.82) is 0 Å². The molecule has 0 atom stereocenters. The zero-order valence-electron chi connectivity index (χ0n) is 30.1. The Bertz CT molecular complexity index is 695. The molecule has 0 aliphatic heterocycles. The highest BCUT2D eigenvalue weighted by Crippen LogP contribution is 2.20. The lowest BCUT2D eigenvalue weighted by atomic mass is 9.99. The molecule has 0 N–H and O–H groups in total. The van der Waals surface area contributed by atoms with Crippen molar-refractivity contribution >= 4 is 0 Å². The Morgan fingerprint density at radius 1 is 0.477 bits per heavy atom. The molecule has 0 spiro atoms. The minimum atomic E-state index is 0. The molecule has 0 aliphatic rings. The van der Waals surface area contributed by atoms with Crippen molar-refractivity contribution in [1.82, 2.24) is 4.57 Å². The first-order valence-electron chi connectivity index (χ1n) is 19.6. The van der Waals surface area contributed by atoms with Crippen LogP contribution in [0, 0.1) is 0 Å². The summed E-state index contributed by atoms with van der Waals surface area (Å²) in [5.41, 5.74) is 0. The van der Waals surface area contributed by atoms with Gasteiger partial charge in [0.25, 0.3) is 0 Å². The Morgan fingerprint density at radius 2 is 0.795 bits per heavy atom. The summed E-state index contributed by atoms with van der Waals surface area (Å²) in [6.07, 6.45) is 58.2. The number of unbranched alkanes of at least 4 members (excludes halogenated alkanes) is 24. The van der Waals surface area contributed by atoms with Gasteiger partial charge in [0.15, 0.2) is 0 Å². The van der Waals surface area contributed by atoms with Crippen molar-refractivity contribution < 1.29 is 17.0 Å². The summed E-state index contributed by atoms with van der Waals surface area (Å²) in [6, 6.07) is 0.690. The number of halogens is 1. The molecule has 258 valence electrons. The maximum absolute atomic E-state index is 2.50. The van der Waals surface area contributed by atoms with Gasteiger partial charge in [-0.3, -0.25) is 0 Å². The summed E-state index contributed by atoms with van der Waals surface area (Å²) in [6.45, 7) is 4.59. The van der Waals surface area contributed by atoms with Gasteiger partial charge in [-0.2, -0.15) is 0 Å². The molecule has 1 heterocycles. The zero-order chi connectivity index (χ0) is 30.9. The first-order chi connectivity index (χ1) is 21.3. The predicted octanol–water partition coefficient (Wildman–Crippen LogP) is 10.7. The normalized spacial score (nSPS) is 11.8. The third kappa shape index (κ3) is 28.5. The van der Waals surface area contributed by atoms with E-state index >= 15 is 0 Å². The number of nitrogens with zero attached hydrogens (tertiary/aromatic N) is 2. The van der Waals surface area contributed by atoms with Crippen LogP contribution < -0.4 is 17.0 Å². The van der Waals surface area contributed by atoms with Crippen molar-refractivity contribution in [3.05, 3.63) is 43.0 Å². The molecule has 1 aromatic rings. The monoisotopic (exact) mass is 633 g/mol. The van der Waals surface area contributed by atoms with E-state index in [2.05, 4.69) is 73.1 Å². The van der Waals surface area contributed by atoms with E-state index in [1.165, 1.54) is 193 Å². The van der Waals surface area contributed by atoms with Crippen LogP contribution in [0.2, 0.25) is 0 Å². The van der Waals surface area contributed by atoms with E-state index in [4.69, 9.17) is 0 Å². The molecular weight excluding hydrogens is 556 g/mol. The van der Waals surface area contributed by atoms with E-state index < -0.39 is 0 Å². The van der Waals surface area contributed by atoms with Crippen molar-refractivity contribution in [2.75, 3.05) is 0 Å². The van der Waals surface area contributed by atoms with Crippen LogP contribution in [0.3, 0.4) is 0 Å². The van der Waals surface area contributed by atoms with Crippen LogP contribution in [0.4, 0.5) is 0 Å². The largest absolute Gasteiger partial charge is 1.00 e. The molecule has 0 saturated carbocycles. The highest BCUT2D eigenvalue weighted by molar-refractivity contribution is 4.82. The highest BCUT2D eigenvalue weighted by atomic mass is 35.5. The second-order valence-electron chi connectivity index (χ2n) is 13.6. The number of imidazole rings is 1. The lowest BCUT2D eigenvalue weighted by molar-refractivity contribution is -0.724. The third-order valence-electron chi connectivity index (χ3n) is 9.31. The van der Waals surface area contributed by atoms with Crippen molar-refractivity contribution in [3.8, 4) is 0 Å². The molecule has 0 fully saturated rings. The smallest absolute Gasteiger partial charge is 0.243 e. The fraction of sp³-hybridized carbons (Fsp3) is 0.829. The maximum atomic E-state index is 2.50. The highest BCUT2D eigenvalue weighted by Gasteiger charge is 2.15. The van der Waals surface area contributed by atoms with Gasteiger partial charge in [-0.1, -0.05) is 154 Å². The number of aryl methyl sites for hydroxylation is 1. The van der Waals surface area contributed by atoms with E-state index in [-0.39, 0.29) is 12.4 Å². The van der Waals surface area contributed by atoms with E-state index in [9.17, 15) is 0 Å². The van der Waals surface area contributed by atoms with Crippen LogP contribution in [0.15, 0.2) is 43.0 Å². The maximum Gasteiger partial charge on any atom is 0.243 e. The van der Waals surface area contributed by atoms with Crippen molar-refractivity contribution in [3.63, 3.8) is 0 Å². The summed E-state index contributed by atoms with van der Waals surface area (Å²) < 4.78 is 4.70. The fourth-order valence-electron chi connectivity index (χ4n) is 6.38. The van der Waals surface area contributed by atoms with Crippen LogP contribution in [-0.4, -0.2) is 4.57 Å². The van der Waals surface area contributed by atoms with Crippen LogP contribution >= 0.6 is 0 Å². The molecule has 0 aromatic carbocycles. The van der Waals surface area contributed by atoms with Gasteiger partial charge in [-0.25, -0.2) is 9.13 Å². The second kappa shape index (κ2) is 34.8. The number of hydrogen-bond acceptors (Lipinski definition) is 0. The third-order valence-corrected chi connectivity index (χ3v) is 9.31.